The number of hydrogen-bond donors (Lipinski definition) is 0. The van der Waals surface area contributed by atoms with Crippen LogP contribution in [0.25, 0.3) is 11.0 Å². The number of aryl methyl sites for hydroxylation is 1. The highest BCUT2D eigenvalue weighted by molar-refractivity contribution is 5.99. The predicted molar refractivity (Wildman–Crippen MR) is 81.6 cm³/mol. The molecule has 5 heteroatoms. The first-order chi connectivity index (χ1) is 10.6. The molecule has 0 bridgehead atoms. The summed E-state index contributed by atoms with van der Waals surface area (Å²) in [7, 11) is 1.40. The number of methoxy groups -OCH3 is 1. The van der Waals surface area contributed by atoms with Gasteiger partial charge < -0.3 is 14.1 Å². The molecule has 1 aliphatic rings. The zero-order chi connectivity index (χ0) is 15.7. The van der Waals surface area contributed by atoms with E-state index in [1.807, 2.05) is 31.2 Å². The Morgan fingerprint density at radius 1 is 1.23 bits per heavy atom. The quantitative estimate of drug-likeness (QED) is 0.800. The number of likely N-dealkylation sites (tertiary alicyclic amines) is 1. The third kappa shape index (κ3) is 2.47. The zero-order valence-electron chi connectivity index (χ0n) is 12.8. The van der Waals surface area contributed by atoms with Gasteiger partial charge in [0.05, 0.1) is 13.0 Å². The van der Waals surface area contributed by atoms with Gasteiger partial charge in [0.25, 0.3) is 5.91 Å². The molecule has 1 aliphatic heterocycles. The minimum atomic E-state index is -0.188. The first-order valence-electron chi connectivity index (χ1n) is 7.47. The lowest BCUT2D eigenvalue weighted by molar-refractivity contribution is -0.146. The molecular weight excluding hydrogens is 282 g/mol. The highest BCUT2D eigenvalue weighted by Crippen LogP contribution is 2.27. The minimum Gasteiger partial charge on any atom is -0.469 e. The molecular formula is C17H19NO4. The Labute approximate surface area is 128 Å². The summed E-state index contributed by atoms with van der Waals surface area (Å²) in [6.07, 6.45) is 1.27. The van der Waals surface area contributed by atoms with Gasteiger partial charge in [-0.05, 0) is 25.8 Å². The minimum absolute atomic E-state index is 0.1000. The number of para-hydroxylation sites is 1. The standard InChI is InChI=1S/C17H19NO4/c1-11-13-5-3-4-6-14(13)22-15(11)16(19)18-9-7-12(8-10-18)17(20)21-2/h3-6,12H,7-10H2,1-2H3. The zero-order valence-corrected chi connectivity index (χ0v) is 12.8. The number of benzene rings is 1. The summed E-state index contributed by atoms with van der Waals surface area (Å²) in [6.45, 7) is 3.00. The van der Waals surface area contributed by atoms with Crippen LogP contribution >= 0.6 is 0 Å². The summed E-state index contributed by atoms with van der Waals surface area (Å²) in [5.74, 6) is 0.00701. The lowest BCUT2D eigenvalue weighted by atomic mass is 9.97. The number of carbonyl (C=O) groups is 2. The molecule has 0 spiro atoms. The molecule has 3 rings (SSSR count). The molecule has 116 valence electrons. The topological polar surface area (TPSA) is 59.8 Å². The average molecular weight is 301 g/mol. The second-order valence-electron chi connectivity index (χ2n) is 5.64. The number of ether oxygens (including phenoxy) is 1. The fourth-order valence-electron chi connectivity index (χ4n) is 3.01. The second kappa shape index (κ2) is 5.83. The van der Waals surface area contributed by atoms with E-state index >= 15 is 0 Å². The fourth-order valence-corrected chi connectivity index (χ4v) is 3.01. The maximum absolute atomic E-state index is 12.7. The van der Waals surface area contributed by atoms with E-state index in [1.54, 1.807) is 4.90 Å². The molecule has 1 aromatic carbocycles. The van der Waals surface area contributed by atoms with Crippen LogP contribution in [0.2, 0.25) is 0 Å². The van der Waals surface area contributed by atoms with E-state index in [0.29, 0.717) is 31.7 Å². The first-order valence-corrected chi connectivity index (χ1v) is 7.47. The van der Waals surface area contributed by atoms with Crippen molar-refractivity contribution in [1.29, 1.82) is 0 Å². The van der Waals surface area contributed by atoms with Crippen LogP contribution in [0.5, 0.6) is 0 Å². The third-order valence-electron chi connectivity index (χ3n) is 4.35. The van der Waals surface area contributed by atoms with Gasteiger partial charge in [-0.1, -0.05) is 18.2 Å². The summed E-state index contributed by atoms with van der Waals surface area (Å²) in [4.78, 5) is 25.9. The van der Waals surface area contributed by atoms with E-state index < -0.39 is 0 Å². The van der Waals surface area contributed by atoms with Crippen LogP contribution in [0.3, 0.4) is 0 Å². The molecule has 0 saturated carbocycles. The van der Waals surface area contributed by atoms with Gasteiger partial charge in [-0.15, -0.1) is 0 Å². The normalized spacial score (nSPS) is 16.0. The Hall–Kier alpha value is -2.30. The van der Waals surface area contributed by atoms with E-state index in [4.69, 9.17) is 9.15 Å². The summed E-state index contributed by atoms with van der Waals surface area (Å²) >= 11 is 0. The lowest BCUT2D eigenvalue weighted by Crippen LogP contribution is -2.40. The van der Waals surface area contributed by atoms with Crippen molar-refractivity contribution in [2.75, 3.05) is 20.2 Å². The smallest absolute Gasteiger partial charge is 0.308 e. The number of piperidine rings is 1. The van der Waals surface area contributed by atoms with Crippen LogP contribution in [0.15, 0.2) is 28.7 Å². The molecule has 0 aliphatic carbocycles. The van der Waals surface area contributed by atoms with E-state index in [-0.39, 0.29) is 17.8 Å². The van der Waals surface area contributed by atoms with Crippen LogP contribution in [0, 0.1) is 12.8 Å². The monoisotopic (exact) mass is 301 g/mol. The predicted octanol–water partition coefficient (Wildman–Crippen LogP) is 2.77. The van der Waals surface area contributed by atoms with Crippen molar-refractivity contribution in [2.45, 2.75) is 19.8 Å². The molecule has 2 aromatic rings. The van der Waals surface area contributed by atoms with Crippen LogP contribution in [-0.4, -0.2) is 37.0 Å². The maximum atomic E-state index is 12.7. The van der Waals surface area contributed by atoms with Gasteiger partial charge in [0.2, 0.25) is 0 Å². The fraction of sp³-hybridized carbons (Fsp3) is 0.412. The Bertz CT molecular complexity index is 711. The molecule has 0 radical (unpaired) electrons. The van der Waals surface area contributed by atoms with Crippen molar-refractivity contribution in [1.82, 2.24) is 4.90 Å². The summed E-state index contributed by atoms with van der Waals surface area (Å²) < 4.78 is 10.5. The van der Waals surface area contributed by atoms with E-state index in [2.05, 4.69) is 0 Å². The molecule has 1 fully saturated rings. The van der Waals surface area contributed by atoms with Crippen LogP contribution < -0.4 is 0 Å². The van der Waals surface area contributed by atoms with Crippen molar-refractivity contribution in [2.24, 2.45) is 5.92 Å². The highest BCUT2D eigenvalue weighted by atomic mass is 16.5. The SMILES string of the molecule is COC(=O)C1CCN(C(=O)c2oc3ccccc3c2C)CC1. The number of hydrogen-bond acceptors (Lipinski definition) is 4. The third-order valence-corrected chi connectivity index (χ3v) is 4.35. The van der Waals surface area contributed by atoms with Crippen molar-refractivity contribution < 1.29 is 18.7 Å². The molecule has 0 unspecified atom stereocenters. The first kappa shape index (κ1) is 14.6. The number of carbonyl (C=O) groups excluding carboxylic acids is 2. The van der Waals surface area contributed by atoms with Crippen LogP contribution in [-0.2, 0) is 9.53 Å². The van der Waals surface area contributed by atoms with Gasteiger partial charge in [0, 0.05) is 24.0 Å². The number of rotatable bonds is 2. The maximum Gasteiger partial charge on any atom is 0.308 e. The second-order valence-corrected chi connectivity index (χ2v) is 5.64. The molecule has 5 nitrogen and oxygen atoms in total. The van der Waals surface area contributed by atoms with Gasteiger partial charge in [-0.2, -0.15) is 0 Å². The van der Waals surface area contributed by atoms with Gasteiger partial charge in [-0.25, -0.2) is 0 Å². The van der Waals surface area contributed by atoms with Crippen molar-refractivity contribution in [3.05, 3.63) is 35.6 Å². The van der Waals surface area contributed by atoms with Gasteiger partial charge in [0.1, 0.15) is 5.58 Å². The van der Waals surface area contributed by atoms with Crippen molar-refractivity contribution in [3.8, 4) is 0 Å². The summed E-state index contributed by atoms with van der Waals surface area (Å²) in [5.41, 5.74) is 1.60. The Balaban J connectivity index is 1.77. The lowest BCUT2D eigenvalue weighted by Gasteiger charge is -2.30. The summed E-state index contributed by atoms with van der Waals surface area (Å²) in [5, 5.41) is 0.968. The largest absolute Gasteiger partial charge is 0.469 e. The Morgan fingerprint density at radius 2 is 1.91 bits per heavy atom. The molecule has 22 heavy (non-hydrogen) atoms. The Kier molecular flexibility index (Phi) is 3.88. The molecule has 1 aromatic heterocycles. The molecule has 1 saturated heterocycles. The molecule has 0 atom stereocenters. The van der Waals surface area contributed by atoms with E-state index in [0.717, 1.165) is 16.5 Å². The molecule has 0 N–H and O–H groups in total. The molecule has 2 heterocycles. The number of furan rings is 1. The van der Waals surface area contributed by atoms with Crippen LogP contribution in [0.1, 0.15) is 29.0 Å². The van der Waals surface area contributed by atoms with E-state index in [9.17, 15) is 9.59 Å². The van der Waals surface area contributed by atoms with Crippen molar-refractivity contribution in [3.63, 3.8) is 0 Å². The average Bonchev–Trinajstić information content (AvgIpc) is 2.91. The number of nitrogens with zero attached hydrogens (tertiary/aromatic N) is 1. The van der Waals surface area contributed by atoms with Gasteiger partial charge in [-0.3, -0.25) is 9.59 Å². The Morgan fingerprint density at radius 3 is 2.55 bits per heavy atom. The number of esters is 1. The van der Waals surface area contributed by atoms with Crippen molar-refractivity contribution >= 4 is 22.8 Å². The van der Waals surface area contributed by atoms with Gasteiger partial charge >= 0.3 is 5.97 Å². The highest BCUT2D eigenvalue weighted by Gasteiger charge is 2.30. The number of fused-ring (bicyclic) bond motifs is 1. The van der Waals surface area contributed by atoms with E-state index in [1.165, 1.54) is 7.11 Å². The van der Waals surface area contributed by atoms with Gasteiger partial charge in [0.15, 0.2) is 5.76 Å². The summed E-state index contributed by atoms with van der Waals surface area (Å²) in [6, 6.07) is 7.64. The number of amides is 1. The van der Waals surface area contributed by atoms with Crippen LogP contribution in [0.4, 0.5) is 0 Å². The molecule has 1 amide bonds.